The lowest BCUT2D eigenvalue weighted by Gasteiger charge is -2.23. The second-order valence-electron chi connectivity index (χ2n) is 6.29. The summed E-state index contributed by atoms with van der Waals surface area (Å²) in [4.78, 5) is 14.2. The molecule has 1 fully saturated rings. The smallest absolute Gasteiger partial charge is 0.257 e. The fourth-order valence-electron chi connectivity index (χ4n) is 2.89. The average Bonchev–Trinajstić information content (AvgIpc) is 3.21. The maximum atomic E-state index is 12.5. The number of rotatable bonds is 6. The van der Waals surface area contributed by atoms with Gasteiger partial charge in [0.25, 0.3) is 5.91 Å². The van der Waals surface area contributed by atoms with Crippen LogP contribution in [0.2, 0.25) is 0 Å². The minimum Gasteiger partial charge on any atom is -0.491 e. The average molecular weight is 329 g/mol. The van der Waals surface area contributed by atoms with E-state index < -0.39 is 5.60 Å². The van der Waals surface area contributed by atoms with Crippen LogP contribution >= 0.6 is 0 Å². The number of ether oxygens (including phenoxy) is 1. The van der Waals surface area contributed by atoms with Gasteiger partial charge in [0.1, 0.15) is 18.0 Å². The molecule has 1 amide bonds. The van der Waals surface area contributed by atoms with Crippen molar-refractivity contribution >= 4 is 5.91 Å². The molecular formula is C18H23N3O3. The Labute approximate surface area is 141 Å². The molecule has 3 rings (SSSR count). The molecule has 0 spiro atoms. The zero-order valence-corrected chi connectivity index (χ0v) is 13.9. The van der Waals surface area contributed by atoms with Crippen LogP contribution in [-0.2, 0) is 6.54 Å². The van der Waals surface area contributed by atoms with E-state index in [4.69, 9.17) is 4.74 Å². The predicted molar refractivity (Wildman–Crippen MR) is 89.9 cm³/mol. The summed E-state index contributed by atoms with van der Waals surface area (Å²) < 4.78 is 7.43. The van der Waals surface area contributed by atoms with E-state index in [1.165, 1.54) is 0 Å². The van der Waals surface area contributed by atoms with Gasteiger partial charge in [-0.15, -0.1) is 0 Å². The highest BCUT2D eigenvalue weighted by Gasteiger charge is 2.39. The molecule has 24 heavy (non-hydrogen) atoms. The first kappa shape index (κ1) is 16.5. The van der Waals surface area contributed by atoms with Crippen LogP contribution in [0.1, 0.15) is 30.1 Å². The maximum Gasteiger partial charge on any atom is 0.257 e. The third-order valence-corrected chi connectivity index (χ3v) is 4.20. The van der Waals surface area contributed by atoms with Gasteiger partial charge in [-0.05, 0) is 25.0 Å². The van der Waals surface area contributed by atoms with Gasteiger partial charge in [0.2, 0.25) is 0 Å². The van der Waals surface area contributed by atoms with E-state index in [9.17, 15) is 9.90 Å². The first-order valence-corrected chi connectivity index (χ1v) is 8.32. The van der Waals surface area contributed by atoms with E-state index in [0.29, 0.717) is 18.5 Å². The van der Waals surface area contributed by atoms with Crippen molar-refractivity contribution in [2.45, 2.75) is 31.9 Å². The van der Waals surface area contributed by atoms with Crippen molar-refractivity contribution < 1.29 is 14.6 Å². The molecule has 1 saturated heterocycles. The van der Waals surface area contributed by atoms with Crippen molar-refractivity contribution in [1.29, 1.82) is 0 Å². The summed E-state index contributed by atoms with van der Waals surface area (Å²) in [5, 5.41) is 14.9. The number of aliphatic hydroxyl groups is 1. The molecule has 0 bridgehead atoms. The fourth-order valence-corrected chi connectivity index (χ4v) is 2.89. The molecule has 0 unspecified atom stereocenters. The zero-order valence-electron chi connectivity index (χ0n) is 13.9. The summed E-state index contributed by atoms with van der Waals surface area (Å²) in [5.74, 6) is 0.629. The second kappa shape index (κ2) is 7.05. The van der Waals surface area contributed by atoms with Crippen LogP contribution < -0.4 is 4.74 Å². The van der Waals surface area contributed by atoms with Gasteiger partial charge in [-0.3, -0.25) is 9.48 Å². The van der Waals surface area contributed by atoms with Crippen LogP contribution in [-0.4, -0.2) is 51.0 Å². The van der Waals surface area contributed by atoms with Gasteiger partial charge < -0.3 is 14.7 Å². The van der Waals surface area contributed by atoms with E-state index in [-0.39, 0.29) is 19.1 Å². The normalized spacial score (nSPS) is 20.3. The van der Waals surface area contributed by atoms with Gasteiger partial charge in [0.15, 0.2) is 0 Å². The lowest BCUT2D eigenvalue weighted by atomic mass is 10.1. The minimum atomic E-state index is -1.01. The van der Waals surface area contributed by atoms with Gasteiger partial charge >= 0.3 is 0 Å². The van der Waals surface area contributed by atoms with Crippen LogP contribution in [0, 0.1) is 0 Å². The van der Waals surface area contributed by atoms with Crippen LogP contribution in [0.3, 0.4) is 0 Å². The maximum absolute atomic E-state index is 12.5. The van der Waals surface area contributed by atoms with E-state index in [1.807, 2.05) is 30.3 Å². The van der Waals surface area contributed by atoms with Crippen molar-refractivity contribution in [2.24, 2.45) is 0 Å². The number of amides is 1. The number of para-hydroxylation sites is 1. The molecule has 2 aromatic rings. The lowest BCUT2D eigenvalue weighted by Crippen LogP contribution is -2.40. The van der Waals surface area contributed by atoms with Crippen molar-refractivity contribution in [2.75, 3.05) is 19.7 Å². The van der Waals surface area contributed by atoms with E-state index in [2.05, 4.69) is 12.0 Å². The standard InChI is InChI=1S/C18H23N3O3/c1-2-9-21-12-15(11-19-21)17(22)20-10-8-18(23,13-20)14-24-16-6-4-3-5-7-16/h3-7,11-12,23H,2,8-10,13-14H2,1H3/t18-/m1/s1. The van der Waals surface area contributed by atoms with Gasteiger partial charge in [-0.1, -0.05) is 25.1 Å². The molecule has 1 aliphatic heterocycles. The summed E-state index contributed by atoms with van der Waals surface area (Å²) in [6.07, 6.45) is 4.84. The minimum absolute atomic E-state index is 0.0898. The third kappa shape index (κ3) is 3.76. The Morgan fingerprint density at radius 3 is 2.92 bits per heavy atom. The molecule has 1 aromatic heterocycles. The number of carbonyl (C=O) groups is 1. The monoisotopic (exact) mass is 329 g/mol. The highest BCUT2D eigenvalue weighted by molar-refractivity contribution is 5.94. The van der Waals surface area contributed by atoms with Crippen LogP contribution in [0.15, 0.2) is 42.7 Å². The second-order valence-corrected chi connectivity index (χ2v) is 6.29. The first-order valence-electron chi connectivity index (χ1n) is 8.32. The van der Waals surface area contributed by atoms with Crippen molar-refractivity contribution in [1.82, 2.24) is 14.7 Å². The molecule has 2 heterocycles. The molecule has 0 saturated carbocycles. The molecule has 1 aromatic carbocycles. The molecule has 0 aliphatic carbocycles. The molecule has 1 aliphatic rings. The summed E-state index contributed by atoms with van der Waals surface area (Å²) in [6, 6.07) is 9.39. The molecule has 0 radical (unpaired) electrons. The Hall–Kier alpha value is -2.34. The van der Waals surface area contributed by atoms with Gasteiger partial charge in [-0.2, -0.15) is 5.10 Å². The predicted octanol–water partition coefficient (Wildman–Crippen LogP) is 1.95. The molecular weight excluding hydrogens is 306 g/mol. The molecule has 1 N–H and O–H groups in total. The SMILES string of the molecule is CCCn1cc(C(=O)N2CC[C@](O)(COc3ccccc3)C2)cn1. The fraction of sp³-hybridized carbons (Fsp3) is 0.444. The lowest BCUT2D eigenvalue weighted by molar-refractivity contribution is 0.00431. The van der Waals surface area contributed by atoms with Gasteiger partial charge in [0, 0.05) is 19.3 Å². The Balaban J connectivity index is 1.58. The largest absolute Gasteiger partial charge is 0.491 e. The number of nitrogens with zero attached hydrogens (tertiary/aromatic N) is 3. The van der Waals surface area contributed by atoms with E-state index in [0.717, 1.165) is 18.7 Å². The number of β-amino-alcohol motifs (C(OH)–C–C–N with tert-alkyl or cyclic N) is 1. The summed E-state index contributed by atoms with van der Waals surface area (Å²) in [7, 11) is 0. The molecule has 6 nitrogen and oxygen atoms in total. The number of benzene rings is 1. The third-order valence-electron chi connectivity index (χ3n) is 4.20. The Morgan fingerprint density at radius 2 is 2.17 bits per heavy atom. The summed E-state index contributed by atoms with van der Waals surface area (Å²) >= 11 is 0. The Bertz CT molecular complexity index is 686. The first-order chi connectivity index (χ1) is 11.6. The number of hydrogen-bond acceptors (Lipinski definition) is 4. The van der Waals surface area contributed by atoms with Crippen LogP contribution in [0.25, 0.3) is 0 Å². The molecule has 128 valence electrons. The van der Waals surface area contributed by atoms with Gasteiger partial charge in [0.05, 0.1) is 18.3 Å². The number of aryl methyl sites for hydroxylation is 1. The van der Waals surface area contributed by atoms with Crippen molar-refractivity contribution in [3.8, 4) is 5.75 Å². The Morgan fingerprint density at radius 1 is 1.38 bits per heavy atom. The van der Waals surface area contributed by atoms with E-state index in [1.54, 1.807) is 22.0 Å². The summed E-state index contributed by atoms with van der Waals surface area (Å²) in [5.41, 5.74) is -0.443. The number of carbonyl (C=O) groups excluding carboxylic acids is 1. The molecule has 6 heteroatoms. The highest BCUT2D eigenvalue weighted by Crippen LogP contribution is 2.24. The Kier molecular flexibility index (Phi) is 4.85. The van der Waals surface area contributed by atoms with Crippen LogP contribution in [0.5, 0.6) is 5.75 Å². The number of likely N-dealkylation sites (tertiary alicyclic amines) is 1. The van der Waals surface area contributed by atoms with Gasteiger partial charge in [-0.25, -0.2) is 0 Å². The zero-order chi connectivity index (χ0) is 17.0. The quantitative estimate of drug-likeness (QED) is 0.879. The van der Waals surface area contributed by atoms with Crippen molar-refractivity contribution in [3.05, 3.63) is 48.3 Å². The van der Waals surface area contributed by atoms with Crippen LogP contribution in [0.4, 0.5) is 0 Å². The molecule has 1 atom stereocenters. The van der Waals surface area contributed by atoms with E-state index >= 15 is 0 Å². The topological polar surface area (TPSA) is 67.6 Å². The van der Waals surface area contributed by atoms with Crippen molar-refractivity contribution in [3.63, 3.8) is 0 Å². The number of aromatic nitrogens is 2. The summed E-state index contributed by atoms with van der Waals surface area (Å²) in [6.45, 7) is 3.83. The highest BCUT2D eigenvalue weighted by atomic mass is 16.5. The number of hydrogen-bond donors (Lipinski definition) is 1.